The Morgan fingerprint density at radius 2 is 2.00 bits per heavy atom. The Balaban J connectivity index is 2.30. The monoisotopic (exact) mass is 272 g/mol. The molecule has 3 heteroatoms. The van der Waals surface area contributed by atoms with Gasteiger partial charge in [-0.2, -0.15) is 0 Å². The molecule has 1 heterocycles. The first-order valence-corrected chi connectivity index (χ1v) is 6.84. The lowest BCUT2D eigenvalue weighted by Crippen LogP contribution is -2.20. The van der Waals surface area contributed by atoms with Crippen LogP contribution in [0.2, 0.25) is 5.02 Å². The average molecular weight is 273 g/mol. The highest BCUT2D eigenvalue weighted by molar-refractivity contribution is 6.31. The molecular weight excluding hydrogens is 255 g/mol. The summed E-state index contributed by atoms with van der Waals surface area (Å²) in [6.07, 6.45) is 1.22. The first kappa shape index (κ1) is 13.2. The normalized spacial score (nSPS) is 26.2. The topological polar surface area (TPSA) is 9.23 Å². The molecule has 1 aromatic rings. The number of hydrogen-bond acceptors (Lipinski definition) is 1. The van der Waals surface area contributed by atoms with Crippen LogP contribution in [0.25, 0.3) is 0 Å². The molecule has 1 fully saturated rings. The summed E-state index contributed by atoms with van der Waals surface area (Å²) in [5, 5.41) is 0.721. The van der Waals surface area contributed by atoms with Crippen LogP contribution in [-0.2, 0) is 4.74 Å². The van der Waals surface area contributed by atoms with E-state index >= 15 is 0 Å². The third-order valence-electron chi connectivity index (χ3n) is 3.58. The number of aryl methyl sites for hydroxylation is 2. The van der Waals surface area contributed by atoms with Crippen LogP contribution in [0.3, 0.4) is 0 Å². The van der Waals surface area contributed by atoms with Crippen molar-refractivity contribution in [3.05, 3.63) is 33.8 Å². The fourth-order valence-corrected chi connectivity index (χ4v) is 3.14. The molecule has 1 aromatic carbocycles. The fraction of sp³-hybridized carbons (Fsp3) is 0.571. The van der Waals surface area contributed by atoms with E-state index < -0.39 is 0 Å². The predicted octanol–water partition coefficient (Wildman–Crippen LogP) is 4.66. The number of benzene rings is 1. The highest BCUT2D eigenvalue weighted by Crippen LogP contribution is 2.38. The lowest BCUT2D eigenvalue weighted by molar-refractivity contribution is 0.0902. The molecule has 0 amide bonds. The summed E-state index contributed by atoms with van der Waals surface area (Å²) in [5.74, 6) is 0.521. The summed E-state index contributed by atoms with van der Waals surface area (Å²) in [6, 6.07) is 4.07. The average Bonchev–Trinajstić information content (AvgIpc) is 2.69. The van der Waals surface area contributed by atoms with Gasteiger partial charge in [0.25, 0.3) is 0 Å². The molecule has 0 N–H and O–H groups in total. The first-order chi connectivity index (χ1) is 8.00. The molecule has 0 bridgehead atoms. The molecule has 0 spiro atoms. The minimum Gasteiger partial charge on any atom is -0.376 e. The number of ether oxygens (including phenoxy) is 1. The third-order valence-corrected chi connectivity index (χ3v) is 4.47. The van der Waals surface area contributed by atoms with Crippen LogP contribution in [0, 0.1) is 19.8 Å². The third kappa shape index (κ3) is 2.62. The second-order valence-electron chi connectivity index (χ2n) is 4.96. The molecule has 17 heavy (non-hydrogen) atoms. The van der Waals surface area contributed by atoms with E-state index in [1.807, 2.05) is 13.0 Å². The smallest absolute Gasteiger partial charge is 0.0852 e. The largest absolute Gasteiger partial charge is 0.376 e. The van der Waals surface area contributed by atoms with Crippen molar-refractivity contribution in [2.75, 3.05) is 6.61 Å². The van der Waals surface area contributed by atoms with Crippen molar-refractivity contribution >= 4 is 23.2 Å². The molecular formula is C14H18Cl2O. The highest BCUT2D eigenvalue weighted by Gasteiger charge is 2.32. The number of halogens is 2. The van der Waals surface area contributed by atoms with Crippen molar-refractivity contribution in [3.8, 4) is 0 Å². The quantitative estimate of drug-likeness (QED) is 0.712. The van der Waals surface area contributed by atoms with Gasteiger partial charge in [-0.05, 0) is 48.9 Å². The zero-order valence-corrected chi connectivity index (χ0v) is 12.0. The zero-order chi connectivity index (χ0) is 12.6. The predicted molar refractivity (Wildman–Crippen MR) is 73.0 cm³/mol. The van der Waals surface area contributed by atoms with Gasteiger partial charge in [-0.3, -0.25) is 0 Å². The van der Waals surface area contributed by atoms with Crippen LogP contribution >= 0.6 is 23.2 Å². The molecule has 0 radical (unpaired) electrons. The zero-order valence-electron chi connectivity index (χ0n) is 10.5. The van der Waals surface area contributed by atoms with E-state index in [2.05, 4.69) is 19.9 Å². The Labute approximate surface area is 113 Å². The summed E-state index contributed by atoms with van der Waals surface area (Å²) in [6.45, 7) is 7.08. The molecule has 1 aliphatic rings. The lowest BCUT2D eigenvalue weighted by Gasteiger charge is -2.23. The molecule has 3 atom stereocenters. The summed E-state index contributed by atoms with van der Waals surface area (Å²) in [5.41, 5.74) is 3.36. The molecule has 0 saturated carbocycles. The maximum Gasteiger partial charge on any atom is 0.0852 e. The number of alkyl halides is 1. The number of rotatable bonds is 2. The van der Waals surface area contributed by atoms with Gasteiger partial charge in [-0.1, -0.05) is 24.6 Å². The van der Waals surface area contributed by atoms with Crippen LogP contribution in [0.4, 0.5) is 0 Å². The van der Waals surface area contributed by atoms with Crippen LogP contribution < -0.4 is 0 Å². The van der Waals surface area contributed by atoms with E-state index in [1.54, 1.807) is 0 Å². The van der Waals surface area contributed by atoms with E-state index in [0.717, 1.165) is 34.7 Å². The van der Waals surface area contributed by atoms with Gasteiger partial charge in [0.1, 0.15) is 0 Å². The maximum atomic E-state index is 6.57. The summed E-state index contributed by atoms with van der Waals surface area (Å²) in [7, 11) is 0. The molecule has 1 nitrogen and oxygen atoms in total. The highest BCUT2D eigenvalue weighted by atomic mass is 35.5. The Kier molecular flexibility index (Phi) is 4.02. The van der Waals surface area contributed by atoms with Crippen LogP contribution in [0.1, 0.15) is 35.4 Å². The van der Waals surface area contributed by atoms with Crippen molar-refractivity contribution in [3.63, 3.8) is 0 Å². The van der Waals surface area contributed by atoms with Crippen LogP contribution in [-0.4, -0.2) is 12.7 Å². The van der Waals surface area contributed by atoms with Crippen molar-refractivity contribution in [1.29, 1.82) is 0 Å². The van der Waals surface area contributed by atoms with Crippen molar-refractivity contribution in [2.45, 2.75) is 38.7 Å². The Hall–Kier alpha value is -0.240. The molecule has 3 unspecified atom stereocenters. The van der Waals surface area contributed by atoms with Crippen molar-refractivity contribution < 1.29 is 4.74 Å². The van der Waals surface area contributed by atoms with E-state index in [1.165, 1.54) is 0 Å². The van der Waals surface area contributed by atoms with E-state index in [-0.39, 0.29) is 11.5 Å². The van der Waals surface area contributed by atoms with Gasteiger partial charge in [0.05, 0.1) is 11.5 Å². The maximum absolute atomic E-state index is 6.57. The summed E-state index contributed by atoms with van der Waals surface area (Å²) >= 11 is 12.7. The van der Waals surface area contributed by atoms with Gasteiger partial charge in [0, 0.05) is 11.6 Å². The number of hydrogen-bond donors (Lipinski definition) is 0. The SMILES string of the molecule is Cc1cc(C(Cl)C2OCCC2C)c(C)cc1Cl. The van der Waals surface area contributed by atoms with Gasteiger partial charge in [0.15, 0.2) is 0 Å². The van der Waals surface area contributed by atoms with Crippen LogP contribution in [0.15, 0.2) is 12.1 Å². The molecule has 0 aliphatic carbocycles. The lowest BCUT2D eigenvalue weighted by atomic mass is 9.93. The van der Waals surface area contributed by atoms with Crippen molar-refractivity contribution in [2.24, 2.45) is 5.92 Å². The Bertz CT molecular complexity index is 417. The first-order valence-electron chi connectivity index (χ1n) is 6.03. The summed E-state index contributed by atoms with van der Waals surface area (Å²) in [4.78, 5) is 0. The summed E-state index contributed by atoms with van der Waals surface area (Å²) < 4.78 is 5.74. The van der Waals surface area contributed by atoms with Gasteiger partial charge in [0.2, 0.25) is 0 Å². The molecule has 0 aromatic heterocycles. The van der Waals surface area contributed by atoms with Gasteiger partial charge < -0.3 is 4.74 Å². The van der Waals surface area contributed by atoms with E-state index in [0.29, 0.717) is 5.92 Å². The molecule has 2 rings (SSSR count). The molecule has 1 saturated heterocycles. The second-order valence-corrected chi connectivity index (χ2v) is 5.84. The van der Waals surface area contributed by atoms with Crippen molar-refractivity contribution in [1.82, 2.24) is 0 Å². The van der Waals surface area contributed by atoms with Gasteiger partial charge >= 0.3 is 0 Å². The molecule has 1 aliphatic heterocycles. The fourth-order valence-electron chi connectivity index (χ4n) is 2.37. The minimum absolute atomic E-state index is 0.0801. The minimum atomic E-state index is -0.0801. The van der Waals surface area contributed by atoms with Gasteiger partial charge in [-0.15, -0.1) is 11.6 Å². The van der Waals surface area contributed by atoms with Gasteiger partial charge in [-0.25, -0.2) is 0 Å². The Morgan fingerprint density at radius 1 is 1.29 bits per heavy atom. The Morgan fingerprint density at radius 3 is 2.59 bits per heavy atom. The van der Waals surface area contributed by atoms with E-state index in [9.17, 15) is 0 Å². The second kappa shape index (κ2) is 5.17. The van der Waals surface area contributed by atoms with E-state index in [4.69, 9.17) is 27.9 Å². The standard InChI is InChI=1S/C14H18Cl2O/c1-8-4-5-17-14(8)13(16)11-6-10(3)12(15)7-9(11)2/h6-8,13-14H,4-5H2,1-3H3. The molecule has 94 valence electrons. The van der Waals surface area contributed by atoms with Crippen LogP contribution in [0.5, 0.6) is 0 Å².